The fourth-order valence-corrected chi connectivity index (χ4v) is 1.67. The van der Waals surface area contributed by atoms with Gasteiger partial charge in [-0.3, -0.25) is 4.55 Å². The van der Waals surface area contributed by atoms with Crippen LogP contribution in [0.15, 0.2) is 23.1 Å². The Morgan fingerprint density at radius 1 is 1.46 bits per heavy atom. The first kappa shape index (κ1) is 10.4. The van der Waals surface area contributed by atoms with Gasteiger partial charge in [-0.25, -0.2) is 4.39 Å². The highest BCUT2D eigenvalue weighted by atomic mass is 35.5. The molecule has 3 nitrogen and oxygen atoms in total. The van der Waals surface area contributed by atoms with Gasteiger partial charge >= 0.3 is 0 Å². The summed E-state index contributed by atoms with van der Waals surface area (Å²) in [6.45, 7) is 0. The van der Waals surface area contributed by atoms with E-state index in [1.165, 1.54) is 12.1 Å². The van der Waals surface area contributed by atoms with E-state index in [1.54, 1.807) is 0 Å². The van der Waals surface area contributed by atoms with E-state index in [9.17, 15) is 12.8 Å². The largest absolute Gasteiger partial charge is 0.297 e. The molecule has 1 aromatic carbocycles. The molecular weight excluding hydrogens is 219 g/mol. The van der Waals surface area contributed by atoms with Gasteiger partial charge in [-0.15, -0.1) is 11.6 Å². The normalized spacial score (nSPS) is 11.6. The molecule has 0 amide bonds. The quantitative estimate of drug-likeness (QED) is 0.616. The molecule has 0 saturated heterocycles. The summed E-state index contributed by atoms with van der Waals surface area (Å²) in [5, 5.41) is 0. The summed E-state index contributed by atoms with van der Waals surface area (Å²) in [6.07, 6.45) is 0. The first-order valence-electron chi connectivity index (χ1n) is 3.27. The van der Waals surface area contributed by atoms with Crippen LogP contribution in [-0.4, -0.2) is 13.0 Å². The summed E-state index contributed by atoms with van der Waals surface area (Å²) in [5.74, 6) is -1.14. The van der Waals surface area contributed by atoms with E-state index < -0.39 is 20.8 Å². The van der Waals surface area contributed by atoms with Crippen molar-refractivity contribution in [2.24, 2.45) is 0 Å². The van der Waals surface area contributed by atoms with Gasteiger partial charge in [0, 0.05) is 5.56 Å². The second-order valence-corrected chi connectivity index (χ2v) is 4.00. The molecule has 0 spiro atoms. The van der Waals surface area contributed by atoms with Crippen LogP contribution in [0.2, 0.25) is 0 Å². The van der Waals surface area contributed by atoms with Gasteiger partial charge in [-0.2, -0.15) is 8.42 Å². The maximum atomic E-state index is 13.1. The molecule has 0 aliphatic heterocycles. The van der Waals surface area contributed by atoms with Gasteiger partial charge in [-0.1, -0.05) is 12.1 Å². The highest BCUT2D eigenvalue weighted by Crippen LogP contribution is 2.18. The molecule has 1 rings (SSSR count). The summed E-state index contributed by atoms with van der Waals surface area (Å²) in [5.41, 5.74) is 0.0387. The fraction of sp³-hybridized carbons (Fsp3) is 0.143. The van der Waals surface area contributed by atoms with Crippen LogP contribution < -0.4 is 0 Å². The molecule has 0 aliphatic rings. The van der Waals surface area contributed by atoms with Crippen LogP contribution in [0.4, 0.5) is 4.39 Å². The molecule has 0 atom stereocenters. The smallest absolute Gasteiger partial charge is 0.282 e. The van der Waals surface area contributed by atoms with Crippen molar-refractivity contribution in [3.05, 3.63) is 29.6 Å². The van der Waals surface area contributed by atoms with E-state index >= 15 is 0 Å². The Kier molecular flexibility index (Phi) is 2.90. The van der Waals surface area contributed by atoms with E-state index in [0.717, 1.165) is 6.07 Å². The maximum Gasteiger partial charge on any atom is 0.297 e. The van der Waals surface area contributed by atoms with Gasteiger partial charge in [-0.05, 0) is 6.07 Å². The number of hydrogen-bond acceptors (Lipinski definition) is 2. The van der Waals surface area contributed by atoms with Gasteiger partial charge in [0.05, 0.1) is 5.88 Å². The molecule has 0 aromatic heterocycles. The minimum atomic E-state index is -4.50. The summed E-state index contributed by atoms with van der Waals surface area (Å²) in [4.78, 5) is -0.745. The Morgan fingerprint density at radius 3 is 2.54 bits per heavy atom. The van der Waals surface area contributed by atoms with Crippen LogP contribution in [0.1, 0.15) is 5.56 Å². The molecule has 0 radical (unpaired) electrons. The molecule has 0 saturated carbocycles. The third kappa shape index (κ3) is 2.18. The Hall–Kier alpha value is -0.650. The van der Waals surface area contributed by atoms with E-state index in [0.29, 0.717) is 0 Å². The van der Waals surface area contributed by atoms with Gasteiger partial charge in [0.2, 0.25) is 0 Å². The number of benzene rings is 1. The van der Waals surface area contributed by atoms with Crippen molar-refractivity contribution in [2.45, 2.75) is 10.8 Å². The third-order valence-electron chi connectivity index (χ3n) is 1.47. The molecule has 0 fully saturated rings. The lowest BCUT2D eigenvalue weighted by molar-refractivity contribution is 0.472. The second-order valence-electron chi connectivity index (χ2n) is 2.34. The molecule has 1 aromatic rings. The Balaban J connectivity index is 3.41. The van der Waals surface area contributed by atoms with Crippen molar-refractivity contribution in [1.29, 1.82) is 0 Å². The number of hydrogen-bond donors (Lipinski definition) is 1. The Morgan fingerprint density at radius 2 is 2.08 bits per heavy atom. The first-order chi connectivity index (χ1) is 5.96. The molecule has 0 aliphatic carbocycles. The van der Waals surface area contributed by atoms with E-state index in [1.807, 2.05) is 0 Å². The lowest BCUT2D eigenvalue weighted by Gasteiger charge is -2.02. The van der Waals surface area contributed by atoms with Crippen LogP contribution >= 0.6 is 11.6 Å². The van der Waals surface area contributed by atoms with Crippen molar-refractivity contribution in [3.8, 4) is 0 Å². The van der Waals surface area contributed by atoms with E-state index in [4.69, 9.17) is 16.2 Å². The van der Waals surface area contributed by atoms with E-state index in [2.05, 4.69) is 0 Å². The molecule has 6 heteroatoms. The predicted molar refractivity (Wildman–Crippen MR) is 45.8 cm³/mol. The monoisotopic (exact) mass is 224 g/mol. The second kappa shape index (κ2) is 3.61. The van der Waals surface area contributed by atoms with Crippen LogP contribution in [0.5, 0.6) is 0 Å². The SMILES string of the molecule is O=S(=O)(O)c1cccc(CCl)c1F. The van der Waals surface area contributed by atoms with Crippen molar-refractivity contribution < 1.29 is 17.4 Å². The van der Waals surface area contributed by atoms with Crippen molar-refractivity contribution in [1.82, 2.24) is 0 Å². The van der Waals surface area contributed by atoms with Crippen LogP contribution in [0.3, 0.4) is 0 Å². The number of alkyl halides is 1. The van der Waals surface area contributed by atoms with Gasteiger partial charge in [0.1, 0.15) is 10.7 Å². The third-order valence-corrected chi connectivity index (χ3v) is 2.62. The number of rotatable bonds is 2. The highest BCUT2D eigenvalue weighted by Gasteiger charge is 2.17. The van der Waals surface area contributed by atoms with Crippen molar-refractivity contribution in [3.63, 3.8) is 0 Å². The van der Waals surface area contributed by atoms with Gasteiger partial charge in [0.25, 0.3) is 10.1 Å². The summed E-state index contributed by atoms with van der Waals surface area (Å²) in [7, 11) is -4.50. The minimum absolute atomic E-state index is 0.0387. The van der Waals surface area contributed by atoms with Gasteiger partial charge < -0.3 is 0 Å². The van der Waals surface area contributed by atoms with Crippen molar-refractivity contribution >= 4 is 21.7 Å². The highest BCUT2D eigenvalue weighted by molar-refractivity contribution is 7.85. The lowest BCUT2D eigenvalue weighted by Crippen LogP contribution is -2.03. The maximum absolute atomic E-state index is 13.1. The topological polar surface area (TPSA) is 54.4 Å². The Bertz CT molecular complexity index is 416. The summed E-state index contributed by atoms with van der Waals surface area (Å²) >= 11 is 5.34. The zero-order valence-corrected chi connectivity index (χ0v) is 7.94. The average molecular weight is 225 g/mol. The summed E-state index contributed by atoms with van der Waals surface area (Å²) in [6, 6.07) is 3.63. The standard InChI is InChI=1S/C7H6ClFO3S/c8-4-5-2-1-3-6(7(5)9)13(10,11)12/h1-3H,4H2,(H,10,11,12). The predicted octanol–water partition coefficient (Wildman–Crippen LogP) is 1.81. The minimum Gasteiger partial charge on any atom is -0.282 e. The van der Waals surface area contributed by atoms with Crippen LogP contribution in [0.25, 0.3) is 0 Å². The summed E-state index contributed by atoms with van der Waals surface area (Å²) < 4.78 is 42.9. The van der Waals surface area contributed by atoms with Crippen molar-refractivity contribution in [2.75, 3.05) is 0 Å². The van der Waals surface area contributed by atoms with Gasteiger partial charge in [0.15, 0.2) is 0 Å². The fourth-order valence-electron chi connectivity index (χ4n) is 0.859. The molecule has 0 heterocycles. The van der Waals surface area contributed by atoms with E-state index in [-0.39, 0.29) is 11.4 Å². The number of halogens is 2. The van der Waals surface area contributed by atoms with Crippen LogP contribution in [0, 0.1) is 5.82 Å². The molecule has 13 heavy (non-hydrogen) atoms. The zero-order valence-electron chi connectivity index (χ0n) is 6.37. The first-order valence-corrected chi connectivity index (χ1v) is 5.25. The molecule has 1 N–H and O–H groups in total. The molecular formula is C7H6ClFO3S. The molecule has 0 unspecified atom stereocenters. The lowest BCUT2D eigenvalue weighted by atomic mass is 10.2. The Labute approximate surface area is 79.9 Å². The average Bonchev–Trinajstić information content (AvgIpc) is 2.02. The zero-order chi connectivity index (χ0) is 10.1. The molecule has 0 bridgehead atoms. The van der Waals surface area contributed by atoms with Crippen LogP contribution in [-0.2, 0) is 16.0 Å². The molecule has 72 valence electrons.